The predicted molar refractivity (Wildman–Crippen MR) is 106 cm³/mol. The van der Waals surface area contributed by atoms with Crippen molar-refractivity contribution >= 4 is 33.2 Å². The van der Waals surface area contributed by atoms with Gasteiger partial charge in [-0.2, -0.15) is 4.31 Å². The van der Waals surface area contributed by atoms with Gasteiger partial charge in [-0.25, -0.2) is 8.42 Å². The van der Waals surface area contributed by atoms with Crippen molar-refractivity contribution in [3.05, 3.63) is 52.8 Å². The van der Waals surface area contributed by atoms with Crippen LogP contribution in [-0.2, 0) is 10.0 Å². The Morgan fingerprint density at radius 2 is 1.93 bits per heavy atom. The lowest BCUT2D eigenvalue weighted by Gasteiger charge is -2.32. The van der Waals surface area contributed by atoms with Crippen LogP contribution in [0.15, 0.2) is 41.4 Å². The molecular weight excluding hydrogens is 386 g/mol. The number of hydrogen-bond acceptors (Lipinski definition) is 4. The highest BCUT2D eigenvalue weighted by atomic mass is 35.5. The smallest absolute Gasteiger partial charge is 0.255 e. The van der Waals surface area contributed by atoms with E-state index in [0.29, 0.717) is 28.5 Å². The van der Waals surface area contributed by atoms with Crippen LogP contribution >= 0.6 is 11.6 Å². The Morgan fingerprint density at radius 3 is 2.59 bits per heavy atom. The molecule has 1 atom stereocenters. The Bertz CT molecular complexity index is 945. The van der Waals surface area contributed by atoms with Crippen LogP contribution in [0.2, 0.25) is 5.02 Å². The molecule has 1 saturated heterocycles. The van der Waals surface area contributed by atoms with Crippen molar-refractivity contribution in [2.45, 2.75) is 44.0 Å². The van der Waals surface area contributed by atoms with Gasteiger partial charge in [0, 0.05) is 24.3 Å². The van der Waals surface area contributed by atoms with Gasteiger partial charge in [-0.15, -0.1) is 0 Å². The molecule has 1 N–H and O–H groups in total. The van der Waals surface area contributed by atoms with Gasteiger partial charge < -0.3 is 5.32 Å². The summed E-state index contributed by atoms with van der Waals surface area (Å²) in [5, 5.41) is 3.10. The van der Waals surface area contributed by atoms with Crippen LogP contribution in [0.25, 0.3) is 0 Å². The first-order valence-electron chi connectivity index (χ1n) is 8.85. The number of amides is 1. The number of nitrogens with one attached hydrogen (secondary N) is 1. The first-order chi connectivity index (χ1) is 12.8. The lowest BCUT2D eigenvalue weighted by atomic mass is 10.1. The molecule has 1 aromatic carbocycles. The second-order valence-corrected chi connectivity index (χ2v) is 8.97. The quantitative estimate of drug-likeness (QED) is 0.834. The number of sulfonamides is 1. The average molecular weight is 408 g/mol. The van der Waals surface area contributed by atoms with E-state index >= 15 is 0 Å². The number of halogens is 1. The molecule has 0 unspecified atom stereocenters. The van der Waals surface area contributed by atoms with Gasteiger partial charge in [0.25, 0.3) is 5.91 Å². The van der Waals surface area contributed by atoms with Crippen molar-refractivity contribution < 1.29 is 13.2 Å². The maximum absolute atomic E-state index is 12.9. The van der Waals surface area contributed by atoms with Gasteiger partial charge in [0.05, 0.1) is 21.3 Å². The second-order valence-electron chi connectivity index (χ2n) is 6.70. The Balaban J connectivity index is 1.78. The van der Waals surface area contributed by atoms with E-state index in [9.17, 15) is 13.2 Å². The number of carbonyl (C=O) groups is 1. The summed E-state index contributed by atoms with van der Waals surface area (Å²) >= 11 is 6.15. The first kappa shape index (κ1) is 19.8. The van der Waals surface area contributed by atoms with E-state index < -0.39 is 10.0 Å². The molecule has 1 amide bonds. The molecule has 1 aromatic heterocycles. The Hall–Kier alpha value is -1.96. The minimum absolute atomic E-state index is 0.0104. The summed E-state index contributed by atoms with van der Waals surface area (Å²) in [6, 6.07) is 7.58. The second kappa shape index (κ2) is 7.96. The van der Waals surface area contributed by atoms with Crippen LogP contribution < -0.4 is 5.32 Å². The molecule has 1 aliphatic rings. The van der Waals surface area contributed by atoms with Gasteiger partial charge in [-0.3, -0.25) is 9.78 Å². The number of carbonyl (C=O) groups excluding carboxylic acids is 1. The van der Waals surface area contributed by atoms with Crippen molar-refractivity contribution in [1.29, 1.82) is 0 Å². The Labute approximate surface area is 164 Å². The minimum Gasteiger partial charge on any atom is -0.321 e. The number of aryl methyl sites for hydroxylation is 1. The lowest BCUT2D eigenvalue weighted by molar-refractivity contribution is 0.102. The number of benzene rings is 1. The third-order valence-corrected chi connectivity index (χ3v) is 7.28. The van der Waals surface area contributed by atoms with E-state index in [1.165, 1.54) is 24.3 Å². The van der Waals surface area contributed by atoms with Gasteiger partial charge in [-0.05, 0) is 57.0 Å². The van der Waals surface area contributed by atoms with Crippen LogP contribution in [0, 0.1) is 6.92 Å². The highest BCUT2D eigenvalue weighted by molar-refractivity contribution is 7.89. The van der Waals surface area contributed by atoms with Crippen LogP contribution in [0.1, 0.15) is 42.2 Å². The Kier molecular flexibility index (Phi) is 5.83. The molecule has 1 fully saturated rings. The fraction of sp³-hybridized carbons (Fsp3) is 0.368. The van der Waals surface area contributed by atoms with Crippen molar-refractivity contribution in [3.63, 3.8) is 0 Å². The molecule has 0 aliphatic carbocycles. The summed E-state index contributed by atoms with van der Waals surface area (Å²) in [7, 11) is -3.55. The fourth-order valence-corrected chi connectivity index (χ4v) is 5.04. The number of anilines is 1. The van der Waals surface area contributed by atoms with E-state index in [1.54, 1.807) is 23.5 Å². The number of nitrogens with zero attached hydrogens (tertiary/aromatic N) is 2. The number of piperidine rings is 1. The van der Waals surface area contributed by atoms with Gasteiger partial charge >= 0.3 is 0 Å². The van der Waals surface area contributed by atoms with E-state index in [2.05, 4.69) is 10.3 Å². The molecule has 2 heterocycles. The molecule has 0 saturated carbocycles. The summed E-state index contributed by atoms with van der Waals surface area (Å²) in [5.74, 6) is -0.363. The molecule has 6 nitrogen and oxygen atoms in total. The van der Waals surface area contributed by atoms with Gasteiger partial charge in [-0.1, -0.05) is 18.0 Å². The lowest BCUT2D eigenvalue weighted by Crippen LogP contribution is -2.41. The molecular formula is C19H22ClN3O3S. The summed E-state index contributed by atoms with van der Waals surface area (Å²) in [6.07, 6.45) is 4.34. The summed E-state index contributed by atoms with van der Waals surface area (Å²) in [5.41, 5.74) is 1.44. The third-order valence-electron chi connectivity index (χ3n) is 4.78. The molecule has 2 aromatic rings. The maximum Gasteiger partial charge on any atom is 0.255 e. The standard InChI is InChI=1S/C19H22ClN3O3S/c1-13-5-3-4-12-23(13)27(25,26)16-8-6-15(7-9-16)19(24)22-17-10-11-21-14(2)18(17)20/h6-11,13H,3-5,12H2,1-2H3,(H,21,22,24)/t13-/m1/s1. The van der Waals surface area contributed by atoms with Crippen molar-refractivity contribution in [1.82, 2.24) is 9.29 Å². The minimum atomic E-state index is -3.55. The van der Waals surface area contributed by atoms with E-state index in [0.717, 1.165) is 19.3 Å². The number of aromatic nitrogens is 1. The van der Waals surface area contributed by atoms with Crippen LogP contribution in [-0.4, -0.2) is 36.2 Å². The number of hydrogen-bond donors (Lipinski definition) is 1. The van der Waals surface area contributed by atoms with Crippen molar-refractivity contribution in [2.75, 3.05) is 11.9 Å². The molecule has 0 bridgehead atoms. The van der Waals surface area contributed by atoms with Gasteiger partial charge in [0.2, 0.25) is 10.0 Å². The van der Waals surface area contributed by atoms with Crippen molar-refractivity contribution in [2.24, 2.45) is 0 Å². The molecule has 144 valence electrons. The maximum atomic E-state index is 12.9. The molecule has 0 radical (unpaired) electrons. The first-order valence-corrected chi connectivity index (χ1v) is 10.7. The normalized spacial score (nSPS) is 18.3. The molecule has 27 heavy (non-hydrogen) atoms. The Morgan fingerprint density at radius 1 is 1.22 bits per heavy atom. The fourth-order valence-electron chi connectivity index (χ4n) is 3.18. The van der Waals surface area contributed by atoms with Crippen LogP contribution in [0.5, 0.6) is 0 Å². The average Bonchev–Trinajstić information content (AvgIpc) is 2.65. The van der Waals surface area contributed by atoms with Crippen molar-refractivity contribution in [3.8, 4) is 0 Å². The summed E-state index contributed by atoms with van der Waals surface area (Å²) in [6.45, 7) is 4.21. The zero-order chi connectivity index (χ0) is 19.6. The predicted octanol–water partition coefficient (Wildman–Crippen LogP) is 3.86. The van der Waals surface area contributed by atoms with E-state index in [-0.39, 0.29) is 16.8 Å². The monoisotopic (exact) mass is 407 g/mol. The molecule has 0 spiro atoms. The number of pyridine rings is 1. The van der Waals surface area contributed by atoms with E-state index in [4.69, 9.17) is 11.6 Å². The topological polar surface area (TPSA) is 79.4 Å². The SMILES string of the molecule is Cc1nccc(NC(=O)c2ccc(S(=O)(=O)N3CCCC[C@H]3C)cc2)c1Cl. The summed E-state index contributed by atoms with van der Waals surface area (Å²) in [4.78, 5) is 16.7. The molecule has 3 rings (SSSR count). The molecule has 8 heteroatoms. The zero-order valence-electron chi connectivity index (χ0n) is 15.3. The van der Waals surface area contributed by atoms with Crippen LogP contribution in [0.3, 0.4) is 0 Å². The summed E-state index contributed by atoms with van der Waals surface area (Å²) < 4.78 is 27.3. The third kappa shape index (κ3) is 4.15. The van der Waals surface area contributed by atoms with E-state index in [1.807, 2.05) is 6.92 Å². The number of rotatable bonds is 4. The molecule has 1 aliphatic heterocycles. The van der Waals surface area contributed by atoms with Gasteiger partial charge in [0.15, 0.2) is 0 Å². The largest absolute Gasteiger partial charge is 0.321 e. The zero-order valence-corrected chi connectivity index (χ0v) is 16.8. The van der Waals surface area contributed by atoms with Gasteiger partial charge in [0.1, 0.15) is 0 Å². The highest BCUT2D eigenvalue weighted by Gasteiger charge is 2.30. The van der Waals surface area contributed by atoms with Crippen LogP contribution in [0.4, 0.5) is 5.69 Å². The highest BCUT2D eigenvalue weighted by Crippen LogP contribution is 2.26.